The van der Waals surface area contributed by atoms with E-state index in [4.69, 9.17) is 21.4 Å². The zero-order chi connectivity index (χ0) is 22.4. The number of hydrazone groups is 1. The van der Waals surface area contributed by atoms with Gasteiger partial charge in [0.1, 0.15) is 0 Å². The van der Waals surface area contributed by atoms with Crippen molar-refractivity contribution in [2.75, 3.05) is 32.1 Å². The number of fused-ring (bicyclic) bond motifs is 1. The third-order valence-corrected chi connectivity index (χ3v) is 10.5. The number of hydrogen-bond acceptors (Lipinski definition) is 3. The number of likely N-dealkylation sites (N-methyl/N-ethyl adjacent to an activating group) is 1. The Hall–Kier alpha value is -2.07. The van der Waals surface area contributed by atoms with Gasteiger partial charge in [-0.15, -0.1) is 0 Å². The van der Waals surface area contributed by atoms with Crippen LogP contribution in [0.4, 0.5) is 11.4 Å². The smallest absolute Gasteiger partial charge is 0.174 e. The predicted octanol–water partition coefficient (Wildman–Crippen LogP) is 6.91. The molecule has 0 fully saturated rings. The Morgan fingerprint density at radius 2 is 1.68 bits per heavy atom. The molecule has 2 aromatic carbocycles. The van der Waals surface area contributed by atoms with Crippen LogP contribution in [0.15, 0.2) is 69.4 Å². The maximum Gasteiger partial charge on any atom is 0.174 e. The average molecular weight is 456 g/mol. The van der Waals surface area contributed by atoms with E-state index >= 15 is 0 Å². The number of para-hydroxylation sites is 1. The highest BCUT2D eigenvalue weighted by Crippen LogP contribution is 2.69. The van der Waals surface area contributed by atoms with Gasteiger partial charge in [0.15, 0.2) is 7.36 Å². The minimum absolute atomic E-state index is 0.160. The van der Waals surface area contributed by atoms with Crippen molar-refractivity contribution in [3.63, 3.8) is 0 Å². The highest BCUT2D eigenvalue weighted by molar-refractivity contribution is 7.67. The van der Waals surface area contributed by atoms with E-state index in [1.165, 1.54) is 22.3 Å². The molecule has 2 aliphatic heterocycles. The van der Waals surface area contributed by atoms with Crippen molar-refractivity contribution in [1.82, 2.24) is 9.45 Å². The number of halogens is 1. The van der Waals surface area contributed by atoms with Gasteiger partial charge in [-0.25, -0.2) is 14.2 Å². The Balaban J connectivity index is 2.08. The molecule has 2 aliphatic rings. The van der Waals surface area contributed by atoms with Gasteiger partial charge < -0.3 is 4.90 Å². The van der Waals surface area contributed by atoms with Crippen molar-refractivity contribution >= 4 is 36.5 Å². The molecular weight excluding hydrogens is 425 g/mol. The zero-order valence-corrected chi connectivity index (χ0v) is 20.8. The minimum atomic E-state index is -2.38. The van der Waals surface area contributed by atoms with E-state index in [0.717, 1.165) is 18.8 Å². The lowest BCUT2D eigenvalue weighted by Crippen LogP contribution is -2.30. The first-order valence-corrected chi connectivity index (χ1v) is 12.8. The molecule has 0 N–H and O–H groups in total. The van der Waals surface area contributed by atoms with Gasteiger partial charge in [0.25, 0.3) is 0 Å². The molecule has 5 nitrogen and oxygen atoms in total. The molecule has 0 saturated carbocycles. The van der Waals surface area contributed by atoms with Crippen LogP contribution in [0.25, 0.3) is 0 Å². The first-order valence-electron chi connectivity index (χ1n) is 10.8. The zero-order valence-electron chi connectivity index (χ0n) is 19.2. The summed E-state index contributed by atoms with van der Waals surface area (Å²) < 4.78 is 9.96. The summed E-state index contributed by atoms with van der Waals surface area (Å²) in [4.78, 5) is 2.33. The maximum atomic E-state index is 6.59. The molecule has 2 heterocycles. The molecule has 0 bridgehead atoms. The van der Waals surface area contributed by atoms with Gasteiger partial charge in [-0.3, -0.25) is 0 Å². The van der Waals surface area contributed by atoms with E-state index < -0.39 is 7.36 Å². The van der Waals surface area contributed by atoms with Gasteiger partial charge in [-0.05, 0) is 23.8 Å². The monoisotopic (exact) mass is 455 g/mol. The van der Waals surface area contributed by atoms with Gasteiger partial charge in [-0.1, -0.05) is 69.6 Å². The lowest BCUT2D eigenvalue weighted by atomic mass is 9.84. The van der Waals surface area contributed by atoms with Crippen molar-refractivity contribution in [3.05, 3.63) is 70.1 Å². The first kappa shape index (κ1) is 22.1. The van der Waals surface area contributed by atoms with Crippen molar-refractivity contribution in [2.24, 2.45) is 9.85 Å². The number of rotatable bonds is 4. The van der Waals surface area contributed by atoms with Gasteiger partial charge >= 0.3 is 0 Å². The highest BCUT2D eigenvalue weighted by Gasteiger charge is 2.47. The van der Waals surface area contributed by atoms with Crippen LogP contribution in [0.2, 0.25) is 5.02 Å². The van der Waals surface area contributed by atoms with Crippen LogP contribution in [-0.2, 0) is 5.41 Å². The van der Waals surface area contributed by atoms with E-state index in [1.54, 1.807) is 0 Å². The van der Waals surface area contributed by atoms with Gasteiger partial charge in [0, 0.05) is 44.0 Å². The second-order valence-corrected chi connectivity index (χ2v) is 11.8. The lowest BCUT2D eigenvalue weighted by Gasteiger charge is -2.39. The predicted molar refractivity (Wildman–Crippen MR) is 135 cm³/mol. The second kappa shape index (κ2) is 8.12. The fraction of sp³-hybridized carbons (Fsp3) is 0.375. The van der Waals surface area contributed by atoms with E-state index in [9.17, 15) is 0 Å². The summed E-state index contributed by atoms with van der Waals surface area (Å²) in [6, 6.07) is 16.5. The molecule has 0 spiro atoms. The molecule has 1 atom stereocenters. The Kier molecular flexibility index (Phi) is 5.80. The van der Waals surface area contributed by atoms with E-state index in [0.29, 0.717) is 5.02 Å². The molecule has 2 aromatic rings. The molecule has 0 aromatic heterocycles. The van der Waals surface area contributed by atoms with Crippen molar-refractivity contribution < 1.29 is 0 Å². The molecule has 0 radical (unpaired) electrons. The lowest BCUT2D eigenvalue weighted by molar-refractivity contribution is 0.452. The van der Waals surface area contributed by atoms with Crippen molar-refractivity contribution in [1.29, 1.82) is 0 Å². The molecule has 0 saturated heterocycles. The number of anilines is 1. The summed E-state index contributed by atoms with van der Waals surface area (Å²) in [5, 5.41) is 6.68. The summed E-state index contributed by atoms with van der Waals surface area (Å²) in [6.07, 6.45) is 2.03. The van der Waals surface area contributed by atoms with Crippen LogP contribution in [0.3, 0.4) is 0 Å². The van der Waals surface area contributed by atoms with Crippen molar-refractivity contribution in [3.8, 4) is 0 Å². The van der Waals surface area contributed by atoms with Gasteiger partial charge in [0.2, 0.25) is 0 Å². The van der Waals surface area contributed by atoms with Crippen LogP contribution < -0.4 is 4.90 Å². The maximum absolute atomic E-state index is 6.59. The fourth-order valence-electron chi connectivity index (χ4n) is 4.92. The van der Waals surface area contributed by atoms with Crippen LogP contribution in [-0.4, -0.2) is 42.8 Å². The summed E-state index contributed by atoms with van der Waals surface area (Å²) in [7, 11) is 1.83. The first-order chi connectivity index (χ1) is 14.8. The normalized spacial score (nSPS) is 24.3. The summed E-state index contributed by atoms with van der Waals surface area (Å²) in [6.45, 7) is 10.7. The van der Waals surface area contributed by atoms with Gasteiger partial charge in [0.05, 0.1) is 22.2 Å². The Bertz CT molecular complexity index is 1120. The molecule has 4 rings (SSSR count). The standard InChI is InChI=1S/C24H31ClN5P/c1-7-30(8-2)31(27-20-15-11-10-14-19(20)25)22(17-26-29(31)6)23-24(3,4)18-13-9-12-16-21(18)28(23)5/h9-17H,7-8H2,1-6H3/b23-22+/t31-/m1/s1. The topological polar surface area (TPSA) is 34.4 Å². The number of benzene rings is 2. The number of nitrogens with zero attached hydrogens (tertiary/aromatic N) is 5. The quantitative estimate of drug-likeness (QED) is 0.469. The van der Waals surface area contributed by atoms with Crippen LogP contribution in [0, 0.1) is 0 Å². The van der Waals surface area contributed by atoms with Crippen LogP contribution >= 0.6 is 19.0 Å². The molecule has 0 amide bonds. The third kappa shape index (κ3) is 3.26. The Morgan fingerprint density at radius 3 is 2.32 bits per heavy atom. The molecule has 7 heteroatoms. The third-order valence-electron chi connectivity index (χ3n) is 6.41. The SMILES string of the molecule is CCN(CC)[P@@]1(=Nc2ccccc2Cl)/C(=C2/N(C)c3ccccc3C2(C)C)C=NN1C. The highest BCUT2D eigenvalue weighted by atomic mass is 35.5. The summed E-state index contributed by atoms with van der Waals surface area (Å²) in [5.74, 6) is 0. The Labute approximate surface area is 191 Å². The molecule has 0 aliphatic carbocycles. The van der Waals surface area contributed by atoms with Crippen LogP contribution in [0.5, 0.6) is 0 Å². The summed E-state index contributed by atoms with van der Waals surface area (Å²) in [5.41, 5.74) is 4.49. The largest absolute Gasteiger partial charge is 0.346 e. The molecular formula is C24H31ClN5P. The molecule has 31 heavy (non-hydrogen) atoms. The second-order valence-electron chi connectivity index (χ2n) is 8.43. The average Bonchev–Trinajstić information content (AvgIpc) is 3.16. The molecule has 0 unspecified atom stereocenters. The molecule has 164 valence electrons. The van der Waals surface area contributed by atoms with Crippen LogP contribution in [0.1, 0.15) is 33.3 Å². The fourth-order valence-corrected chi connectivity index (χ4v) is 8.88. The minimum Gasteiger partial charge on any atom is -0.346 e. The summed E-state index contributed by atoms with van der Waals surface area (Å²) >= 11 is 6.59. The number of allylic oxidation sites excluding steroid dienone is 2. The van der Waals surface area contributed by atoms with E-state index in [2.05, 4.69) is 73.4 Å². The van der Waals surface area contributed by atoms with E-state index in [1.807, 2.05) is 37.5 Å². The Morgan fingerprint density at radius 1 is 1.03 bits per heavy atom. The van der Waals surface area contributed by atoms with Gasteiger partial charge in [-0.2, -0.15) is 5.10 Å². The van der Waals surface area contributed by atoms with E-state index in [-0.39, 0.29) is 5.41 Å². The van der Waals surface area contributed by atoms with Crippen molar-refractivity contribution in [2.45, 2.75) is 33.1 Å². The number of hydrogen-bond donors (Lipinski definition) is 0.